The predicted molar refractivity (Wildman–Crippen MR) is 154 cm³/mol. The summed E-state index contributed by atoms with van der Waals surface area (Å²) in [4.78, 5) is 55.6. The van der Waals surface area contributed by atoms with E-state index in [4.69, 9.17) is 18.9 Å². The van der Waals surface area contributed by atoms with Crippen LogP contribution in [0.4, 0.5) is 5.69 Å². The van der Waals surface area contributed by atoms with Crippen LogP contribution in [0.2, 0.25) is 0 Å². The minimum absolute atomic E-state index is 0.0184. The Morgan fingerprint density at radius 1 is 0.902 bits per heavy atom. The molecule has 1 aliphatic rings. The van der Waals surface area contributed by atoms with Crippen LogP contribution < -0.4 is 14.4 Å². The first kappa shape index (κ1) is 31.4. The van der Waals surface area contributed by atoms with Crippen LogP contribution in [0.15, 0.2) is 36.4 Å². The fraction of sp³-hybridized carbons (Fsp3) is 0.484. The van der Waals surface area contributed by atoms with Crippen molar-refractivity contribution >= 4 is 29.4 Å². The van der Waals surface area contributed by atoms with E-state index in [1.54, 1.807) is 76.8 Å². The van der Waals surface area contributed by atoms with Gasteiger partial charge >= 0.3 is 11.9 Å². The first-order valence-corrected chi connectivity index (χ1v) is 13.8. The molecule has 222 valence electrons. The Balaban J connectivity index is 2.06. The van der Waals surface area contributed by atoms with Crippen LogP contribution in [0.5, 0.6) is 17.2 Å². The summed E-state index contributed by atoms with van der Waals surface area (Å²) < 4.78 is 22.7. The second kappa shape index (κ2) is 12.6. The minimum atomic E-state index is -0.787. The molecule has 0 saturated heterocycles. The van der Waals surface area contributed by atoms with Crippen molar-refractivity contribution in [2.24, 2.45) is 0 Å². The van der Waals surface area contributed by atoms with E-state index in [1.165, 1.54) is 11.0 Å². The van der Waals surface area contributed by atoms with Crippen molar-refractivity contribution in [1.82, 2.24) is 4.90 Å². The fourth-order valence-corrected chi connectivity index (χ4v) is 4.26. The molecule has 2 amide bonds. The first-order valence-electron chi connectivity index (χ1n) is 13.8. The molecule has 10 nitrogen and oxygen atoms in total. The van der Waals surface area contributed by atoms with E-state index < -0.39 is 42.2 Å². The van der Waals surface area contributed by atoms with Crippen LogP contribution >= 0.6 is 0 Å². The number of amides is 2. The summed E-state index contributed by atoms with van der Waals surface area (Å²) in [6, 6.07) is 9.52. The topological polar surface area (TPSA) is 112 Å². The number of anilines is 1. The Labute approximate surface area is 241 Å². The number of rotatable bonds is 9. The van der Waals surface area contributed by atoms with Crippen LogP contribution in [0.1, 0.15) is 82.5 Å². The van der Waals surface area contributed by atoms with Crippen LogP contribution in [0.3, 0.4) is 0 Å². The number of ether oxygens (including phenoxy) is 4. The molecular formula is C31H40N2O8. The molecule has 1 heterocycles. The molecule has 0 aromatic heterocycles. The summed E-state index contributed by atoms with van der Waals surface area (Å²) in [5, 5.41) is 0. The van der Waals surface area contributed by atoms with Crippen molar-refractivity contribution in [2.75, 3.05) is 31.1 Å². The average Bonchev–Trinajstić information content (AvgIpc) is 2.97. The number of carbonyl (C=O) groups excluding carboxylic acids is 4. The molecule has 0 N–H and O–H groups in total. The molecule has 0 unspecified atom stereocenters. The maximum Gasteiger partial charge on any atom is 0.344 e. The number of hydrogen-bond donors (Lipinski definition) is 0. The van der Waals surface area contributed by atoms with E-state index in [-0.39, 0.29) is 34.4 Å². The predicted octanol–water partition coefficient (Wildman–Crippen LogP) is 5.37. The highest BCUT2D eigenvalue weighted by Crippen LogP contribution is 2.42. The number of fused-ring (bicyclic) bond motifs is 2. The first-order chi connectivity index (χ1) is 19.1. The molecule has 0 atom stereocenters. The second-order valence-electron chi connectivity index (χ2n) is 11.7. The van der Waals surface area contributed by atoms with Crippen LogP contribution in [0, 0.1) is 0 Å². The number of nitrogens with zero attached hydrogens (tertiary/aromatic N) is 2. The quantitative estimate of drug-likeness (QED) is 0.371. The zero-order valence-electron chi connectivity index (χ0n) is 25.2. The lowest BCUT2D eigenvalue weighted by atomic mass is 10.1. The van der Waals surface area contributed by atoms with Gasteiger partial charge in [0.1, 0.15) is 34.8 Å². The Kier molecular flexibility index (Phi) is 9.68. The van der Waals surface area contributed by atoms with Gasteiger partial charge in [-0.25, -0.2) is 4.79 Å². The summed E-state index contributed by atoms with van der Waals surface area (Å²) in [6.45, 7) is 14.5. The maximum atomic E-state index is 14.1. The van der Waals surface area contributed by atoms with E-state index in [0.29, 0.717) is 18.7 Å². The Hall–Kier alpha value is -4.08. The van der Waals surface area contributed by atoms with Crippen molar-refractivity contribution in [3.8, 4) is 17.2 Å². The molecule has 0 saturated carbocycles. The van der Waals surface area contributed by atoms with Crippen molar-refractivity contribution < 1.29 is 38.1 Å². The highest BCUT2D eigenvalue weighted by Gasteiger charge is 2.34. The molecule has 3 rings (SSSR count). The van der Waals surface area contributed by atoms with Gasteiger partial charge in [-0.1, -0.05) is 13.0 Å². The molecule has 10 heteroatoms. The van der Waals surface area contributed by atoms with E-state index in [0.717, 1.165) is 6.42 Å². The molecule has 0 radical (unpaired) electrons. The Morgan fingerprint density at radius 2 is 1.56 bits per heavy atom. The summed E-state index contributed by atoms with van der Waals surface area (Å²) >= 11 is 0. The van der Waals surface area contributed by atoms with Crippen molar-refractivity contribution in [1.29, 1.82) is 0 Å². The van der Waals surface area contributed by atoms with E-state index >= 15 is 0 Å². The highest BCUT2D eigenvalue weighted by molar-refractivity contribution is 6.13. The lowest BCUT2D eigenvalue weighted by Gasteiger charge is -2.26. The van der Waals surface area contributed by atoms with E-state index in [2.05, 4.69) is 0 Å². The van der Waals surface area contributed by atoms with E-state index in [9.17, 15) is 19.2 Å². The molecule has 1 aliphatic heterocycles. The van der Waals surface area contributed by atoms with E-state index in [1.807, 2.05) is 13.8 Å². The Bertz CT molecular complexity index is 1310. The monoisotopic (exact) mass is 568 g/mol. The average molecular weight is 569 g/mol. The standard InChI is InChI=1S/C31H40N2O8/c1-9-16-32(10-2)28(36)20-14-15-22-21(17-20)33(18-25(34)40-30(3,4)5)29(37)27-23(12-11-13-24(27)39-22)38-19-26(35)41-31(6,7)8/h11-15,17H,9-10,16,18-19H2,1-8H3. The number of carbonyl (C=O) groups is 4. The summed E-state index contributed by atoms with van der Waals surface area (Å²) in [5.41, 5.74) is -0.904. The zero-order valence-corrected chi connectivity index (χ0v) is 25.2. The molecule has 2 aromatic carbocycles. The van der Waals surface area contributed by atoms with Gasteiger partial charge in [-0.05, 0) is 85.2 Å². The minimum Gasteiger partial charge on any atom is -0.481 e. The van der Waals surface area contributed by atoms with Gasteiger partial charge in [-0.3, -0.25) is 19.3 Å². The Morgan fingerprint density at radius 3 is 2.17 bits per heavy atom. The van der Waals surface area contributed by atoms with Gasteiger partial charge in [0, 0.05) is 18.7 Å². The third-order valence-electron chi connectivity index (χ3n) is 5.80. The zero-order chi connectivity index (χ0) is 30.5. The molecule has 2 aromatic rings. The summed E-state index contributed by atoms with van der Waals surface area (Å²) in [5.74, 6) is -1.56. The van der Waals surface area contributed by atoms with Gasteiger partial charge in [0.2, 0.25) is 0 Å². The largest absolute Gasteiger partial charge is 0.481 e. The van der Waals surface area contributed by atoms with Crippen molar-refractivity contribution in [3.05, 3.63) is 47.5 Å². The molecular weight excluding hydrogens is 528 g/mol. The van der Waals surface area contributed by atoms with Gasteiger partial charge in [-0.2, -0.15) is 0 Å². The van der Waals surface area contributed by atoms with Gasteiger partial charge in [-0.15, -0.1) is 0 Å². The van der Waals surface area contributed by atoms with Gasteiger partial charge in [0.25, 0.3) is 11.8 Å². The lowest BCUT2D eigenvalue weighted by Crippen LogP contribution is -2.39. The fourth-order valence-electron chi connectivity index (χ4n) is 4.26. The van der Waals surface area contributed by atoms with Gasteiger partial charge in [0.15, 0.2) is 12.4 Å². The summed E-state index contributed by atoms with van der Waals surface area (Å²) in [7, 11) is 0. The normalized spacial score (nSPS) is 12.9. The van der Waals surface area contributed by atoms with Gasteiger partial charge in [0.05, 0.1) is 5.69 Å². The second-order valence-corrected chi connectivity index (χ2v) is 11.7. The molecule has 0 bridgehead atoms. The van der Waals surface area contributed by atoms with Crippen LogP contribution in [-0.2, 0) is 19.1 Å². The number of esters is 2. The van der Waals surface area contributed by atoms with Crippen LogP contribution in [-0.4, -0.2) is 66.1 Å². The summed E-state index contributed by atoms with van der Waals surface area (Å²) in [6.07, 6.45) is 0.790. The number of benzene rings is 2. The maximum absolute atomic E-state index is 14.1. The molecule has 0 aliphatic carbocycles. The van der Waals surface area contributed by atoms with Crippen molar-refractivity contribution in [2.45, 2.75) is 73.0 Å². The highest BCUT2D eigenvalue weighted by atomic mass is 16.6. The van der Waals surface area contributed by atoms with Gasteiger partial charge < -0.3 is 23.8 Å². The molecule has 0 fully saturated rings. The molecule has 41 heavy (non-hydrogen) atoms. The third-order valence-corrected chi connectivity index (χ3v) is 5.80. The SMILES string of the molecule is CCCN(CC)C(=O)c1ccc2c(c1)N(CC(=O)OC(C)(C)C)C(=O)c1c(OCC(=O)OC(C)(C)C)cccc1O2. The lowest BCUT2D eigenvalue weighted by molar-refractivity contribution is -0.157. The third kappa shape index (κ3) is 8.22. The number of hydrogen-bond acceptors (Lipinski definition) is 8. The van der Waals surface area contributed by atoms with Crippen molar-refractivity contribution in [3.63, 3.8) is 0 Å². The molecule has 0 spiro atoms. The van der Waals surface area contributed by atoms with Crippen LogP contribution in [0.25, 0.3) is 0 Å². The smallest absolute Gasteiger partial charge is 0.344 e.